The zero-order chi connectivity index (χ0) is 11.2. The van der Waals surface area contributed by atoms with Crippen molar-refractivity contribution in [2.75, 3.05) is 0 Å². The average molecular weight is 281 g/mol. The van der Waals surface area contributed by atoms with Crippen LogP contribution in [-0.4, -0.2) is 16.0 Å². The van der Waals surface area contributed by atoms with Gasteiger partial charge in [0, 0.05) is 0 Å². The fraction of sp³-hybridized carbons (Fsp3) is 0.111. The Hall–Kier alpha value is -0.627. The summed E-state index contributed by atoms with van der Waals surface area (Å²) in [7, 11) is -1.17. The third-order valence-corrected chi connectivity index (χ3v) is 0.821. The Morgan fingerprint density at radius 1 is 1.33 bits per heavy atom. The Morgan fingerprint density at radius 3 is 1.73 bits per heavy atom. The largest absolute Gasteiger partial charge is 2.00 e. The molecule has 1 aromatic rings. The molecule has 1 aromatic carbocycles. The number of carbonyl (C=O) groups is 1. The van der Waals surface area contributed by atoms with Crippen molar-refractivity contribution in [1.29, 1.82) is 0 Å². The van der Waals surface area contributed by atoms with Gasteiger partial charge in [0.25, 0.3) is 5.97 Å². The first kappa shape index (κ1) is 19.9. The summed E-state index contributed by atoms with van der Waals surface area (Å²) in [6, 6.07) is 12.5. The van der Waals surface area contributed by atoms with E-state index in [1.807, 2.05) is 30.3 Å². The molecule has 15 heavy (non-hydrogen) atoms. The molecule has 0 fully saturated rings. The second-order valence-electron chi connectivity index (χ2n) is 1.81. The molecule has 0 heterocycles. The average Bonchev–Trinajstić information content (AvgIpc) is 2.22. The summed E-state index contributed by atoms with van der Waals surface area (Å²) in [4.78, 5) is 16.3. The number of rotatable bonds is 1. The molecule has 0 spiro atoms. The summed E-state index contributed by atoms with van der Waals surface area (Å²) in [6.45, 7) is 3.09. The fourth-order valence-corrected chi connectivity index (χ4v) is 0.342. The predicted molar refractivity (Wildman–Crippen MR) is 54.1 cm³/mol. The number of hydrogen-bond donors (Lipinski definition) is 2. The molecule has 0 bridgehead atoms. The molecule has 0 aliphatic heterocycles. The van der Waals surface area contributed by atoms with Crippen LogP contribution in [0.5, 0.6) is 0 Å². The van der Waals surface area contributed by atoms with Crippen LogP contribution in [0.1, 0.15) is 6.42 Å². The molecule has 0 aromatic heterocycles. The van der Waals surface area contributed by atoms with E-state index in [1.54, 1.807) is 0 Å². The number of hydrogen-bond acceptors (Lipinski definition) is 2. The molecular weight excluding hydrogens is 268 g/mol. The van der Waals surface area contributed by atoms with E-state index in [2.05, 4.69) is 13.0 Å². The standard InChI is InChI=1S/C6H5.C3H5O2.HO2P.Zn/c1-2-4-6-5-3-1;1-2-3(4)5;1-3-2;/h1-5H;1-2H2,(H,4,5);3H;/q2*-1;;+2/p+1. The minimum Gasteiger partial charge on any atom is -0.483 e. The van der Waals surface area contributed by atoms with Gasteiger partial charge in [0.15, 0.2) is 0 Å². The van der Waals surface area contributed by atoms with Crippen LogP contribution >= 0.6 is 8.69 Å². The Morgan fingerprint density at radius 2 is 1.67 bits per heavy atom. The third-order valence-electron chi connectivity index (χ3n) is 0.821. The van der Waals surface area contributed by atoms with Gasteiger partial charge in [-0.15, -0.1) is 0 Å². The first-order valence-electron chi connectivity index (χ1n) is 3.62. The van der Waals surface area contributed by atoms with Crippen molar-refractivity contribution in [2.24, 2.45) is 0 Å². The normalized spacial score (nSPS) is 7.07. The SMILES string of the molecule is O=[PH+]O.[CH2-]CC(=O)O.[Zn+2].[c-]1ccccc1. The molecule has 1 unspecified atom stereocenters. The smallest absolute Gasteiger partial charge is 0.483 e. The molecule has 0 radical (unpaired) electrons. The first-order chi connectivity index (χ1) is 6.68. The molecule has 0 saturated carbocycles. The van der Waals surface area contributed by atoms with Crippen molar-refractivity contribution >= 4 is 14.7 Å². The number of carboxylic acids is 1. The van der Waals surface area contributed by atoms with Crippen LogP contribution in [0.25, 0.3) is 0 Å². The molecule has 4 nitrogen and oxygen atoms in total. The maximum Gasteiger partial charge on any atom is 2.00 e. The molecule has 0 aliphatic carbocycles. The Labute approximate surface area is 103 Å². The minimum atomic E-state index is -1.17. The van der Waals surface area contributed by atoms with E-state index in [1.165, 1.54) is 0 Å². The van der Waals surface area contributed by atoms with E-state index in [9.17, 15) is 4.79 Å². The van der Waals surface area contributed by atoms with Gasteiger partial charge in [0.1, 0.15) is 0 Å². The van der Waals surface area contributed by atoms with Gasteiger partial charge in [-0.1, -0.05) is 6.42 Å². The van der Waals surface area contributed by atoms with Crippen LogP contribution < -0.4 is 0 Å². The second-order valence-corrected chi connectivity index (χ2v) is 1.99. The third kappa shape index (κ3) is 31.8. The van der Waals surface area contributed by atoms with Crippen LogP contribution in [-0.2, 0) is 28.8 Å². The minimum absolute atomic E-state index is 0. The number of aliphatic carboxylic acids is 1. The van der Waals surface area contributed by atoms with Crippen molar-refractivity contribution < 1.29 is 38.8 Å². The van der Waals surface area contributed by atoms with Crippen LogP contribution in [0, 0.1) is 13.0 Å². The van der Waals surface area contributed by atoms with E-state index in [0.29, 0.717) is 0 Å². The monoisotopic (exact) mass is 279 g/mol. The van der Waals surface area contributed by atoms with Crippen LogP contribution in [0.4, 0.5) is 0 Å². The molecule has 0 aliphatic rings. The Bertz CT molecular complexity index is 204. The van der Waals surface area contributed by atoms with E-state index in [4.69, 9.17) is 14.6 Å². The van der Waals surface area contributed by atoms with Crippen molar-refractivity contribution in [3.8, 4) is 0 Å². The van der Waals surface area contributed by atoms with Gasteiger partial charge in [-0.05, 0) is 4.57 Å². The van der Waals surface area contributed by atoms with Gasteiger partial charge in [-0.2, -0.15) is 41.3 Å². The van der Waals surface area contributed by atoms with Crippen molar-refractivity contribution in [3.63, 3.8) is 0 Å². The Kier molecular flexibility index (Phi) is 25.2. The van der Waals surface area contributed by atoms with Crippen LogP contribution in [0.15, 0.2) is 30.3 Å². The van der Waals surface area contributed by atoms with Crippen molar-refractivity contribution in [3.05, 3.63) is 43.3 Å². The molecule has 1 atom stereocenters. The summed E-state index contributed by atoms with van der Waals surface area (Å²) in [5, 5.41) is 7.66. The van der Waals surface area contributed by atoms with Gasteiger partial charge in [0.05, 0.1) is 0 Å². The summed E-state index contributed by atoms with van der Waals surface area (Å²) in [6.07, 6.45) is -0.0278. The number of carboxylic acid groups (broad SMARTS) is 1. The molecule has 2 N–H and O–H groups in total. The van der Waals surface area contributed by atoms with Gasteiger partial charge in [0.2, 0.25) is 0 Å². The molecule has 78 valence electrons. The summed E-state index contributed by atoms with van der Waals surface area (Å²) in [5.74, 6) is -0.856. The predicted octanol–water partition coefficient (Wildman–Crippen LogP) is 1.70. The quantitative estimate of drug-likeness (QED) is 0.466. The fourth-order valence-electron chi connectivity index (χ4n) is 0.342. The van der Waals surface area contributed by atoms with E-state index >= 15 is 0 Å². The van der Waals surface area contributed by atoms with E-state index in [-0.39, 0.29) is 25.9 Å². The first-order valence-corrected chi connectivity index (χ1v) is 4.48. The zero-order valence-corrected chi connectivity index (χ0v) is 12.2. The molecule has 1 rings (SSSR count). The van der Waals surface area contributed by atoms with Crippen molar-refractivity contribution in [2.45, 2.75) is 6.42 Å². The van der Waals surface area contributed by atoms with Crippen LogP contribution in [0.3, 0.4) is 0 Å². The van der Waals surface area contributed by atoms with Crippen molar-refractivity contribution in [1.82, 2.24) is 0 Å². The van der Waals surface area contributed by atoms with E-state index < -0.39 is 14.7 Å². The molecule has 0 saturated heterocycles. The topological polar surface area (TPSA) is 74.6 Å². The zero-order valence-electron chi connectivity index (χ0n) is 8.22. The molecular formula is C9H12O4PZn+. The second kappa shape index (κ2) is 19.0. The number of benzene rings is 1. The summed E-state index contributed by atoms with van der Waals surface area (Å²) >= 11 is 0. The summed E-state index contributed by atoms with van der Waals surface area (Å²) < 4.78 is 8.51. The van der Waals surface area contributed by atoms with Gasteiger partial charge < -0.3 is 12.0 Å². The van der Waals surface area contributed by atoms with Gasteiger partial charge >= 0.3 is 28.2 Å². The molecule has 0 amide bonds. The Balaban J connectivity index is -0.000000148. The van der Waals surface area contributed by atoms with Gasteiger partial charge in [-0.25, -0.2) is 0 Å². The summed E-state index contributed by atoms with van der Waals surface area (Å²) in [5.41, 5.74) is 0. The molecule has 6 heteroatoms. The maximum atomic E-state index is 9.31. The van der Waals surface area contributed by atoms with E-state index in [0.717, 1.165) is 0 Å². The van der Waals surface area contributed by atoms with Gasteiger partial charge in [-0.3, -0.25) is 4.79 Å². The maximum absolute atomic E-state index is 9.31. The van der Waals surface area contributed by atoms with Crippen LogP contribution in [0.2, 0.25) is 0 Å².